The van der Waals surface area contributed by atoms with Crippen LogP contribution >= 0.6 is 23.5 Å². The molecule has 0 amide bonds. The van der Waals surface area contributed by atoms with E-state index in [2.05, 4.69) is 4.85 Å². The second kappa shape index (κ2) is 5.83. The van der Waals surface area contributed by atoms with Crippen LogP contribution in [-0.4, -0.2) is 12.6 Å². The summed E-state index contributed by atoms with van der Waals surface area (Å²) in [5.74, 6) is -0.362. The number of nitrogens with zero attached hydrogens (tertiary/aromatic N) is 2. The zero-order valence-corrected chi connectivity index (χ0v) is 11.6. The van der Waals surface area contributed by atoms with Crippen LogP contribution in [0.2, 0.25) is 0 Å². The summed E-state index contributed by atoms with van der Waals surface area (Å²) in [5, 5.41) is 8.86. The molecule has 1 aromatic carbocycles. The van der Waals surface area contributed by atoms with Crippen LogP contribution in [-0.2, 0) is 4.74 Å². The Morgan fingerprint density at radius 2 is 2.21 bits per heavy atom. The Kier molecular flexibility index (Phi) is 4.16. The van der Waals surface area contributed by atoms with Gasteiger partial charge in [-0.15, -0.1) is 0 Å². The highest BCUT2D eigenvalue weighted by Gasteiger charge is 2.22. The number of esters is 1. The molecule has 0 N–H and O–H groups in total. The normalized spacial score (nSPS) is 15.1. The maximum atomic E-state index is 11.6. The molecule has 0 atom stereocenters. The van der Waals surface area contributed by atoms with E-state index in [0.717, 1.165) is 9.79 Å². The van der Waals surface area contributed by atoms with Gasteiger partial charge in [-0.3, -0.25) is 0 Å². The van der Waals surface area contributed by atoms with Gasteiger partial charge in [-0.2, -0.15) is 0 Å². The molecular weight excluding hydrogens is 280 g/mol. The van der Waals surface area contributed by atoms with E-state index >= 15 is 0 Å². The lowest BCUT2D eigenvalue weighted by Gasteiger charge is -2.02. The summed E-state index contributed by atoms with van der Waals surface area (Å²) >= 11 is 2.72. The van der Waals surface area contributed by atoms with Crippen molar-refractivity contribution in [2.24, 2.45) is 0 Å². The summed E-state index contributed by atoms with van der Waals surface area (Å²) in [6.45, 7) is 9.03. The number of hydrogen-bond donors (Lipinski definition) is 0. The first-order valence-corrected chi connectivity index (χ1v) is 7.01. The van der Waals surface area contributed by atoms with Gasteiger partial charge in [-0.05, 0) is 25.1 Å². The largest absolute Gasteiger partial charge is 0.462 e. The first kappa shape index (κ1) is 13.5. The lowest BCUT2D eigenvalue weighted by atomic mass is 10.2. The van der Waals surface area contributed by atoms with Crippen LogP contribution in [0.25, 0.3) is 4.85 Å². The van der Waals surface area contributed by atoms with E-state index in [0.29, 0.717) is 16.4 Å². The van der Waals surface area contributed by atoms with Gasteiger partial charge in [-0.25, -0.2) is 14.9 Å². The van der Waals surface area contributed by atoms with Gasteiger partial charge >= 0.3 is 5.97 Å². The SMILES string of the molecule is [C-]#[N+]/C(C#N)=C1\Sc2ccc(C(=O)OCC)cc2S1. The van der Waals surface area contributed by atoms with Gasteiger partial charge in [-0.1, -0.05) is 23.5 Å². The fourth-order valence-corrected chi connectivity index (χ4v) is 3.83. The second-order valence-electron chi connectivity index (χ2n) is 3.45. The molecular formula is C13H8N2O2S2. The van der Waals surface area contributed by atoms with Crippen LogP contribution in [0.3, 0.4) is 0 Å². The summed E-state index contributed by atoms with van der Waals surface area (Å²) < 4.78 is 5.60. The van der Waals surface area contributed by atoms with Gasteiger partial charge in [0.05, 0.1) is 29.0 Å². The molecule has 0 saturated heterocycles. The molecule has 1 heterocycles. The van der Waals surface area contributed by atoms with Crippen molar-refractivity contribution in [1.29, 1.82) is 5.26 Å². The van der Waals surface area contributed by atoms with Crippen LogP contribution in [0, 0.1) is 17.9 Å². The van der Waals surface area contributed by atoms with E-state index in [1.807, 2.05) is 12.1 Å². The molecule has 0 saturated carbocycles. The summed E-state index contributed by atoms with van der Waals surface area (Å²) in [7, 11) is 0. The molecule has 4 nitrogen and oxygen atoms in total. The van der Waals surface area contributed by atoms with Gasteiger partial charge in [0.1, 0.15) is 0 Å². The molecule has 19 heavy (non-hydrogen) atoms. The third-order valence-electron chi connectivity index (χ3n) is 2.27. The number of hydrogen-bond acceptors (Lipinski definition) is 5. The Balaban J connectivity index is 2.32. The van der Waals surface area contributed by atoms with Gasteiger partial charge < -0.3 is 4.74 Å². The third-order valence-corrected chi connectivity index (χ3v) is 4.79. The maximum absolute atomic E-state index is 11.6. The number of carbonyl (C=O) groups excluding carboxylic acids is 1. The fourth-order valence-electron chi connectivity index (χ4n) is 1.45. The second-order valence-corrected chi connectivity index (χ2v) is 5.81. The molecule has 1 aliphatic heterocycles. The van der Waals surface area contributed by atoms with Crippen molar-refractivity contribution in [1.82, 2.24) is 0 Å². The van der Waals surface area contributed by atoms with Crippen molar-refractivity contribution in [2.45, 2.75) is 16.7 Å². The molecule has 0 spiro atoms. The van der Waals surface area contributed by atoms with Crippen LogP contribution < -0.4 is 0 Å². The molecule has 1 aliphatic rings. The van der Waals surface area contributed by atoms with E-state index in [1.165, 1.54) is 23.5 Å². The van der Waals surface area contributed by atoms with Crippen LogP contribution in [0.5, 0.6) is 0 Å². The van der Waals surface area contributed by atoms with Gasteiger partial charge in [0.25, 0.3) is 5.70 Å². The molecule has 2 rings (SSSR count). The topological polar surface area (TPSA) is 54.5 Å². The lowest BCUT2D eigenvalue weighted by Crippen LogP contribution is -2.04. The van der Waals surface area contributed by atoms with Gasteiger partial charge in [0.15, 0.2) is 0 Å². The van der Waals surface area contributed by atoms with Gasteiger partial charge in [0.2, 0.25) is 0 Å². The molecule has 0 fully saturated rings. The summed E-state index contributed by atoms with van der Waals surface area (Å²) in [5.41, 5.74) is 0.570. The standard InChI is InChI=1S/C13H8N2O2S2/c1-3-17-12(16)8-4-5-10-11(6-8)19-13(18-10)9(7-14)15-2/h4-6H,3H2,1H3/b13-9+. The Hall–Kier alpha value is -1.89. The zero-order chi connectivity index (χ0) is 13.8. The number of thioether (sulfide) groups is 2. The molecule has 6 heteroatoms. The van der Waals surface area contributed by atoms with Crippen molar-refractivity contribution in [3.63, 3.8) is 0 Å². The minimum absolute atomic E-state index is 0.0869. The van der Waals surface area contributed by atoms with Crippen LogP contribution in [0.4, 0.5) is 0 Å². The monoisotopic (exact) mass is 288 g/mol. The fraction of sp³-hybridized carbons (Fsp3) is 0.154. The molecule has 1 aromatic rings. The predicted octanol–water partition coefficient (Wildman–Crippen LogP) is 3.67. The Bertz CT molecular complexity index is 638. The summed E-state index contributed by atoms with van der Waals surface area (Å²) in [6.07, 6.45) is 0. The number of carbonyl (C=O) groups is 1. The molecule has 0 bridgehead atoms. The number of benzene rings is 1. The summed E-state index contributed by atoms with van der Waals surface area (Å²) in [4.78, 5) is 16.6. The third kappa shape index (κ3) is 2.76. The maximum Gasteiger partial charge on any atom is 0.338 e. The van der Waals surface area contributed by atoms with Crippen molar-refractivity contribution in [3.8, 4) is 6.07 Å². The van der Waals surface area contributed by atoms with Crippen LogP contribution in [0.15, 0.2) is 37.9 Å². The van der Waals surface area contributed by atoms with Crippen LogP contribution in [0.1, 0.15) is 17.3 Å². The quantitative estimate of drug-likeness (QED) is 0.472. The summed E-state index contributed by atoms with van der Waals surface area (Å²) in [6, 6.07) is 7.11. The van der Waals surface area contributed by atoms with E-state index < -0.39 is 0 Å². The number of rotatable bonds is 2. The molecule has 0 aliphatic carbocycles. The average molecular weight is 288 g/mol. The first-order valence-electron chi connectivity index (χ1n) is 5.38. The Morgan fingerprint density at radius 3 is 2.84 bits per heavy atom. The molecule has 0 unspecified atom stereocenters. The highest BCUT2D eigenvalue weighted by molar-refractivity contribution is 8.24. The first-order chi connectivity index (χ1) is 9.19. The molecule has 0 radical (unpaired) electrons. The number of allylic oxidation sites excluding steroid dienone is 1. The van der Waals surface area contributed by atoms with E-state index in [1.54, 1.807) is 19.1 Å². The molecule has 0 aromatic heterocycles. The van der Waals surface area contributed by atoms with Crippen molar-refractivity contribution in [3.05, 3.63) is 45.1 Å². The van der Waals surface area contributed by atoms with E-state index in [9.17, 15) is 4.79 Å². The lowest BCUT2D eigenvalue weighted by molar-refractivity contribution is 0.0526. The van der Waals surface area contributed by atoms with Crippen molar-refractivity contribution in [2.75, 3.05) is 6.61 Å². The number of fused-ring (bicyclic) bond motifs is 1. The van der Waals surface area contributed by atoms with E-state index in [-0.39, 0.29) is 11.7 Å². The van der Waals surface area contributed by atoms with Gasteiger partial charge in [0, 0.05) is 9.79 Å². The minimum Gasteiger partial charge on any atom is -0.462 e. The average Bonchev–Trinajstić information content (AvgIpc) is 2.83. The smallest absolute Gasteiger partial charge is 0.338 e. The Labute approximate surface area is 119 Å². The number of ether oxygens (including phenoxy) is 1. The van der Waals surface area contributed by atoms with E-state index in [4.69, 9.17) is 16.6 Å². The minimum atomic E-state index is -0.362. The van der Waals surface area contributed by atoms with Crippen molar-refractivity contribution < 1.29 is 9.53 Å². The highest BCUT2D eigenvalue weighted by atomic mass is 32.2. The molecule has 94 valence electrons. The van der Waals surface area contributed by atoms with Crippen molar-refractivity contribution >= 4 is 29.5 Å². The zero-order valence-electron chi connectivity index (χ0n) is 9.97. The predicted molar refractivity (Wildman–Crippen MR) is 73.4 cm³/mol. The highest BCUT2D eigenvalue weighted by Crippen LogP contribution is 2.52. The number of nitriles is 1. The Morgan fingerprint density at radius 1 is 1.47 bits per heavy atom.